The first kappa shape index (κ1) is 14.2. The molecule has 1 nitrogen and oxygen atoms in total. The molecule has 0 bridgehead atoms. The molecule has 2 atom stereocenters. The van der Waals surface area contributed by atoms with Crippen LogP contribution in [0.2, 0.25) is 10.0 Å². The van der Waals surface area contributed by atoms with Gasteiger partial charge in [-0.05, 0) is 48.3 Å². The number of benzene rings is 1. The maximum atomic E-state index is 6.40. The molecule has 0 radical (unpaired) electrons. The van der Waals surface area contributed by atoms with Gasteiger partial charge in [0, 0.05) is 6.04 Å². The summed E-state index contributed by atoms with van der Waals surface area (Å²) in [5.74, 6) is 0.604. The minimum absolute atomic E-state index is 0.208. The predicted octanol–water partition coefficient (Wildman–Crippen LogP) is 4.69. The summed E-state index contributed by atoms with van der Waals surface area (Å²) in [6, 6.07) is 6.02. The van der Waals surface area contributed by atoms with Crippen molar-refractivity contribution < 1.29 is 0 Å². The second-order valence-electron chi connectivity index (χ2n) is 6.10. The van der Waals surface area contributed by atoms with Crippen LogP contribution in [0, 0.1) is 11.3 Å². The summed E-state index contributed by atoms with van der Waals surface area (Å²) in [4.78, 5) is 0. The van der Waals surface area contributed by atoms with Crippen molar-refractivity contribution in [3.05, 3.63) is 33.8 Å². The smallest absolute Gasteiger partial charge is 0.0595 e. The van der Waals surface area contributed by atoms with Gasteiger partial charge < -0.3 is 5.73 Å². The molecule has 0 saturated heterocycles. The van der Waals surface area contributed by atoms with E-state index in [4.69, 9.17) is 28.9 Å². The summed E-state index contributed by atoms with van der Waals surface area (Å²) in [6.45, 7) is 4.67. The Morgan fingerprint density at radius 2 is 2.06 bits per heavy atom. The van der Waals surface area contributed by atoms with E-state index in [1.165, 1.54) is 24.8 Å². The highest BCUT2D eigenvalue weighted by Crippen LogP contribution is 2.44. The molecule has 1 aromatic rings. The second-order valence-corrected chi connectivity index (χ2v) is 6.92. The van der Waals surface area contributed by atoms with Crippen molar-refractivity contribution in [3.8, 4) is 0 Å². The molecule has 2 rings (SSSR count). The van der Waals surface area contributed by atoms with Crippen LogP contribution in [0.25, 0.3) is 0 Å². The molecular weight excluding hydrogens is 265 g/mol. The van der Waals surface area contributed by atoms with Crippen LogP contribution in [0.15, 0.2) is 18.2 Å². The third-order valence-electron chi connectivity index (χ3n) is 4.31. The largest absolute Gasteiger partial charge is 0.327 e. The van der Waals surface area contributed by atoms with Gasteiger partial charge in [0.15, 0.2) is 0 Å². The van der Waals surface area contributed by atoms with Gasteiger partial charge in [-0.2, -0.15) is 0 Å². The van der Waals surface area contributed by atoms with Gasteiger partial charge in [0.1, 0.15) is 0 Å². The number of rotatable bonds is 3. The zero-order chi connectivity index (χ0) is 13.3. The van der Waals surface area contributed by atoms with E-state index in [0.29, 0.717) is 21.4 Å². The van der Waals surface area contributed by atoms with Gasteiger partial charge in [-0.15, -0.1) is 0 Å². The number of hydrogen-bond acceptors (Lipinski definition) is 1. The van der Waals surface area contributed by atoms with Crippen molar-refractivity contribution in [1.29, 1.82) is 0 Å². The fraction of sp³-hybridized carbons (Fsp3) is 0.600. The molecule has 0 spiro atoms. The number of halogens is 2. The lowest BCUT2D eigenvalue weighted by molar-refractivity contribution is 0.220. The Kier molecular flexibility index (Phi) is 4.25. The lowest BCUT2D eigenvalue weighted by Gasteiger charge is -2.32. The van der Waals surface area contributed by atoms with Crippen LogP contribution in [-0.4, -0.2) is 6.04 Å². The molecule has 0 heterocycles. The van der Waals surface area contributed by atoms with E-state index in [1.54, 1.807) is 0 Å². The summed E-state index contributed by atoms with van der Waals surface area (Å²) >= 11 is 12.0. The van der Waals surface area contributed by atoms with E-state index < -0.39 is 0 Å². The fourth-order valence-corrected chi connectivity index (χ4v) is 3.55. The van der Waals surface area contributed by atoms with Gasteiger partial charge in [0.2, 0.25) is 0 Å². The molecule has 0 aromatic heterocycles. The molecule has 1 saturated carbocycles. The highest BCUT2D eigenvalue weighted by Gasteiger charge is 2.37. The first-order valence-electron chi connectivity index (χ1n) is 6.59. The summed E-state index contributed by atoms with van der Waals surface area (Å²) in [6.07, 6.45) is 4.71. The Hall–Kier alpha value is -0.240. The van der Waals surface area contributed by atoms with Crippen molar-refractivity contribution in [2.75, 3.05) is 0 Å². The molecule has 1 fully saturated rings. The highest BCUT2D eigenvalue weighted by molar-refractivity contribution is 6.42. The van der Waals surface area contributed by atoms with Gasteiger partial charge in [-0.1, -0.05) is 49.5 Å². The Balaban J connectivity index is 2.07. The van der Waals surface area contributed by atoms with Crippen LogP contribution in [0.4, 0.5) is 0 Å². The SMILES string of the molecule is CC1(C)CCCC1C(N)Cc1ccc(Cl)c(Cl)c1. The molecule has 1 aliphatic rings. The van der Waals surface area contributed by atoms with E-state index >= 15 is 0 Å². The van der Waals surface area contributed by atoms with Crippen LogP contribution in [0.3, 0.4) is 0 Å². The minimum Gasteiger partial charge on any atom is -0.327 e. The van der Waals surface area contributed by atoms with E-state index in [2.05, 4.69) is 13.8 Å². The maximum absolute atomic E-state index is 6.40. The zero-order valence-electron chi connectivity index (χ0n) is 11.0. The lowest BCUT2D eigenvalue weighted by atomic mass is 9.76. The summed E-state index contributed by atoms with van der Waals surface area (Å²) < 4.78 is 0. The Bertz CT molecular complexity index is 429. The quantitative estimate of drug-likeness (QED) is 0.857. The van der Waals surface area contributed by atoms with Gasteiger partial charge >= 0.3 is 0 Å². The van der Waals surface area contributed by atoms with Gasteiger partial charge in [0.05, 0.1) is 10.0 Å². The van der Waals surface area contributed by atoms with Gasteiger partial charge in [0.25, 0.3) is 0 Å². The third kappa shape index (κ3) is 3.01. The van der Waals surface area contributed by atoms with Crippen molar-refractivity contribution in [1.82, 2.24) is 0 Å². The average molecular weight is 286 g/mol. The molecule has 1 aliphatic carbocycles. The Morgan fingerprint density at radius 3 is 2.61 bits per heavy atom. The first-order chi connectivity index (χ1) is 8.40. The van der Waals surface area contributed by atoms with Crippen LogP contribution in [0.5, 0.6) is 0 Å². The number of nitrogens with two attached hydrogens (primary N) is 1. The summed E-state index contributed by atoms with van der Waals surface area (Å²) in [7, 11) is 0. The minimum atomic E-state index is 0.208. The fourth-order valence-electron chi connectivity index (χ4n) is 3.23. The number of hydrogen-bond donors (Lipinski definition) is 1. The molecule has 18 heavy (non-hydrogen) atoms. The zero-order valence-corrected chi connectivity index (χ0v) is 12.6. The molecular formula is C15H21Cl2N. The molecule has 0 amide bonds. The van der Waals surface area contributed by atoms with Crippen molar-refractivity contribution in [2.24, 2.45) is 17.1 Å². The van der Waals surface area contributed by atoms with Crippen molar-refractivity contribution in [2.45, 2.75) is 45.6 Å². The standard InChI is InChI=1S/C15H21Cl2N/c1-15(2)7-3-4-11(15)14(18)9-10-5-6-12(16)13(17)8-10/h5-6,8,11,14H,3-4,7,9,18H2,1-2H3. The first-order valence-corrected chi connectivity index (χ1v) is 7.35. The van der Waals surface area contributed by atoms with E-state index in [9.17, 15) is 0 Å². The molecule has 2 N–H and O–H groups in total. The third-order valence-corrected chi connectivity index (χ3v) is 5.05. The Labute approximate surface area is 120 Å². The molecule has 2 unspecified atom stereocenters. The molecule has 0 aliphatic heterocycles. The normalized spacial score (nSPS) is 24.2. The van der Waals surface area contributed by atoms with Crippen molar-refractivity contribution in [3.63, 3.8) is 0 Å². The predicted molar refractivity (Wildman–Crippen MR) is 79.3 cm³/mol. The van der Waals surface area contributed by atoms with Gasteiger partial charge in [-0.25, -0.2) is 0 Å². The van der Waals surface area contributed by atoms with Crippen LogP contribution in [-0.2, 0) is 6.42 Å². The second kappa shape index (κ2) is 5.40. The lowest BCUT2D eigenvalue weighted by Crippen LogP contribution is -2.38. The van der Waals surface area contributed by atoms with E-state index in [1.807, 2.05) is 18.2 Å². The van der Waals surface area contributed by atoms with Crippen LogP contribution >= 0.6 is 23.2 Å². The van der Waals surface area contributed by atoms with E-state index in [0.717, 1.165) is 6.42 Å². The summed E-state index contributed by atoms with van der Waals surface area (Å²) in [5.41, 5.74) is 7.95. The molecule has 3 heteroatoms. The van der Waals surface area contributed by atoms with Crippen LogP contribution < -0.4 is 5.73 Å². The monoisotopic (exact) mass is 285 g/mol. The van der Waals surface area contributed by atoms with Crippen LogP contribution in [0.1, 0.15) is 38.7 Å². The maximum Gasteiger partial charge on any atom is 0.0595 e. The van der Waals surface area contributed by atoms with Crippen molar-refractivity contribution >= 4 is 23.2 Å². The summed E-state index contributed by atoms with van der Waals surface area (Å²) in [5, 5.41) is 1.22. The highest BCUT2D eigenvalue weighted by atomic mass is 35.5. The average Bonchev–Trinajstić information content (AvgIpc) is 2.63. The van der Waals surface area contributed by atoms with Gasteiger partial charge in [-0.3, -0.25) is 0 Å². The van der Waals surface area contributed by atoms with E-state index in [-0.39, 0.29) is 6.04 Å². The Morgan fingerprint density at radius 1 is 1.33 bits per heavy atom. The molecule has 1 aromatic carbocycles. The molecule has 100 valence electrons. The topological polar surface area (TPSA) is 26.0 Å².